The molecule has 2 aromatic rings. The maximum Gasteiger partial charge on any atom is 0.254 e. The molecule has 0 bridgehead atoms. The number of nitrogens with one attached hydrogen (secondary N) is 1. The molecule has 2 aromatic carbocycles. The molecule has 0 spiro atoms. The van der Waals surface area contributed by atoms with E-state index >= 15 is 0 Å². The zero-order valence-electron chi connectivity index (χ0n) is 20.0. The maximum absolute atomic E-state index is 14.8. The molecular formula is C26H27F2N3O4S. The first-order chi connectivity index (χ1) is 17.0. The minimum atomic E-state index is -3.53. The summed E-state index contributed by atoms with van der Waals surface area (Å²) in [4.78, 5) is 28.4. The van der Waals surface area contributed by atoms with Crippen LogP contribution in [-0.2, 0) is 14.6 Å². The highest BCUT2D eigenvalue weighted by atomic mass is 32.2. The van der Waals surface area contributed by atoms with Gasteiger partial charge in [0, 0.05) is 23.4 Å². The summed E-state index contributed by atoms with van der Waals surface area (Å²) in [6, 6.07) is 7.26. The van der Waals surface area contributed by atoms with Crippen molar-refractivity contribution in [2.45, 2.75) is 62.0 Å². The van der Waals surface area contributed by atoms with Crippen LogP contribution in [0.25, 0.3) is 0 Å². The van der Waals surface area contributed by atoms with Gasteiger partial charge in [0.05, 0.1) is 16.5 Å². The first-order valence-corrected chi connectivity index (χ1v) is 13.8. The van der Waals surface area contributed by atoms with E-state index in [1.165, 1.54) is 29.2 Å². The molecule has 1 saturated carbocycles. The predicted molar refractivity (Wildman–Crippen MR) is 128 cm³/mol. The first-order valence-electron chi connectivity index (χ1n) is 11.9. The standard InChI is InChI=1S/C26H27F2N3O4S/c1-3-18-9-10-23(31(18)26(33)16-5-4-6-19(11-16)36(2,34)35)25(32)30-24(15-7-8-15)20-13-21(27)17(14-29)12-22(20)28/h4-6,11-13,15,18,23-24H,3,7-10H2,1-2H3,(H,30,32)/t18-,23-,24?/m1/s1. The van der Waals surface area contributed by atoms with Crippen molar-refractivity contribution in [1.82, 2.24) is 10.2 Å². The summed E-state index contributed by atoms with van der Waals surface area (Å²) in [6.45, 7) is 1.90. The van der Waals surface area contributed by atoms with Crippen LogP contribution in [0.15, 0.2) is 41.3 Å². The highest BCUT2D eigenvalue weighted by Gasteiger charge is 2.43. The summed E-state index contributed by atoms with van der Waals surface area (Å²) in [6.07, 6.45) is 4.09. The predicted octanol–water partition coefficient (Wildman–Crippen LogP) is 3.89. The Balaban J connectivity index is 1.62. The van der Waals surface area contributed by atoms with Gasteiger partial charge in [-0.15, -0.1) is 0 Å². The molecule has 36 heavy (non-hydrogen) atoms. The van der Waals surface area contributed by atoms with Crippen molar-refractivity contribution in [3.63, 3.8) is 0 Å². The van der Waals surface area contributed by atoms with Crippen molar-refractivity contribution in [3.8, 4) is 6.07 Å². The van der Waals surface area contributed by atoms with Gasteiger partial charge in [-0.05, 0) is 68.4 Å². The highest BCUT2D eigenvalue weighted by Crippen LogP contribution is 2.42. The normalized spacial score (nSPS) is 20.6. The molecule has 0 radical (unpaired) electrons. The molecule has 7 nitrogen and oxygen atoms in total. The van der Waals surface area contributed by atoms with Gasteiger partial charge in [0.15, 0.2) is 9.84 Å². The van der Waals surface area contributed by atoms with E-state index in [4.69, 9.17) is 5.26 Å². The molecule has 1 heterocycles. The number of benzene rings is 2. The third-order valence-corrected chi connectivity index (χ3v) is 8.06. The lowest BCUT2D eigenvalue weighted by Crippen LogP contribution is -2.49. The van der Waals surface area contributed by atoms with Gasteiger partial charge in [-0.1, -0.05) is 13.0 Å². The van der Waals surface area contributed by atoms with Gasteiger partial charge in [0.25, 0.3) is 5.91 Å². The van der Waals surface area contributed by atoms with Gasteiger partial charge in [-0.3, -0.25) is 9.59 Å². The van der Waals surface area contributed by atoms with Crippen molar-refractivity contribution in [1.29, 1.82) is 5.26 Å². The number of carbonyl (C=O) groups excluding carboxylic acids is 2. The van der Waals surface area contributed by atoms with Crippen LogP contribution in [0.2, 0.25) is 0 Å². The third kappa shape index (κ3) is 5.12. The number of carbonyl (C=O) groups is 2. The zero-order valence-corrected chi connectivity index (χ0v) is 20.8. The van der Waals surface area contributed by atoms with Crippen molar-refractivity contribution in [3.05, 3.63) is 64.7 Å². The number of nitrogens with zero attached hydrogens (tertiary/aromatic N) is 2. The molecule has 190 valence electrons. The van der Waals surface area contributed by atoms with E-state index < -0.39 is 50.9 Å². The van der Waals surface area contributed by atoms with Crippen LogP contribution in [0.3, 0.4) is 0 Å². The number of sulfone groups is 1. The third-order valence-electron chi connectivity index (χ3n) is 6.95. The number of halogens is 2. The fraction of sp³-hybridized carbons (Fsp3) is 0.423. The minimum absolute atomic E-state index is 0.00807. The number of hydrogen-bond acceptors (Lipinski definition) is 5. The lowest BCUT2D eigenvalue weighted by molar-refractivity contribution is -0.126. The Hall–Kier alpha value is -3.32. The Morgan fingerprint density at radius 1 is 1.14 bits per heavy atom. The van der Waals surface area contributed by atoms with Crippen molar-refractivity contribution in [2.24, 2.45) is 5.92 Å². The zero-order chi connectivity index (χ0) is 26.2. The average molecular weight is 516 g/mol. The summed E-state index contributed by atoms with van der Waals surface area (Å²) < 4.78 is 53.0. The second-order valence-electron chi connectivity index (χ2n) is 9.46. The molecule has 10 heteroatoms. The van der Waals surface area contributed by atoms with E-state index in [2.05, 4.69) is 5.32 Å². The van der Waals surface area contributed by atoms with E-state index in [1.54, 1.807) is 6.07 Å². The summed E-state index contributed by atoms with van der Waals surface area (Å²) in [5.41, 5.74) is -0.270. The number of nitriles is 1. The van der Waals surface area contributed by atoms with Crippen LogP contribution in [0, 0.1) is 28.9 Å². The molecule has 3 atom stereocenters. The maximum atomic E-state index is 14.8. The highest BCUT2D eigenvalue weighted by molar-refractivity contribution is 7.90. The van der Waals surface area contributed by atoms with Crippen LogP contribution in [-0.4, -0.2) is 43.5 Å². The second-order valence-corrected chi connectivity index (χ2v) is 11.5. The van der Waals surface area contributed by atoms with Crippen molar-refractivity contribution in [2.75, 3.05) is 6.26 Å². The van der Waals surface area contributed by atoms with Gasteiger partial charge in [-0.2, -0.15) is 5.26 Å². The largest absolute Gasteiger partial charge is 0.347 e. The Kier molecular flexibility index (Phi) is 7.14. The SMILES string of the molecule is CC[C@@H]1CC[C@H](C(=O)NC(c2cc(F)c(C#N)cc2F)C2CC2)N1C(=O)c1cccc(S(C)(=O)=O)c1. The summed E-state index contributed by atoms with van der Waals surface area (Å²) in [5.74, 6) is -2.63. The van der Waals surface area contributed by atoms with E-state index in [-0.39, 0.29) is 28.0 Å². The van der Waals surface area contributed by atoms with E-state index in [0.29, 0.717) is 19.3 Å². The number of hydrogen-bond donors (Lipinski definition) is 1. The quantitative estimate of drug-likeness (QED) is 0.602. The van der Waals surface area contributed by atoms with E-state index in [1.807, 2.05) is 6.92 Å². The van der Waals surface area contributed by atoms with Gasteiger partial charge < -0.3 is 10.2 Å². The van der Waals surface area contributed by atoms with Gasteiger partial charge in [0.1, 0.15) is 23.7 Å². The molecule has 1 aliphatic heterocycles. The van der Waals surface area contributed by atoms with E-state index in [0.717, 1.165) is 31.2 Å². The molecular weight excluding hydrogens is 488 g/mol. The van der Waals surface area contributed by atoms with Gasteiger partial charge in [-0.25, -0.2) is 17.2 Å². The molecule has 1 N–H and O–H groups in total. The van der Waals surface area contributed by atoms with Crippen LogP contribution < -0.4 is 5.32 Å². The van der Waals surface area contributed by atoms with Gasteiger partial charge in [0.2, 0.25) is 5.91 Å². The second kappa shape index (κ2) is 9.97. The van der Waals surface area contributed by atoms with Gasteiger partial charge >= 0.3 is 0 Å². The van der Waals surface area contributed by atoms with E-state index in [9.17, 15) is 26.8 Å². The molecule has 1 saturated heterocycles. The summed E-state index contributed by atoms with van der Waals surface area (Å²) in [7, 11) is -3.53. The van der Waals surface area contributed by atoms with Crippen LogP contribution in [0.4, 0.5) is 8.78 Å². The molecule has 1 aliphatic carbocycles. The fourth-order valence-corrected chi connectivity index (χ4v) is 5.54. The minimum Gasteiger partial charge on any atom is -0.347 e. The first kappa shape index (κ1) is 25.8. The molecule has 2 amide bonds. The Morgan fingerprint density at radius 2 is 1.86 bits per heavy atom. The number of amides is 2. The van der Waals surface area contributed by atoms with Crippen molar-refractivity contribution >= 4 is 21.7 Å². The topological polar surface area (TPSA) is 107 Å². The summed E-state index contributed by atoms with van der Waals surface area (Å²) in [5, 5.41) is 11.8. The average Bonchev–Trinajstić information content (AvgIpc) is 3.60. The fourth-order valence-electron chi connectivity index (χ4n) is 4.87. The van der Waals surface area contributed by atoms with Crippen molar-refractivity contribution < 1.29 is 26.8 Å². The Labute approximate surface area is 209 Å². The molecule has 4 rings (SSSR count). The van der Waals surface area contributed by atoms with Crippen LogP contribution in [0.1, 0.15) is 66.6 Å². The monoisotopic (exact) mass is 515 g/mol. The Bertz CT molecular complexity index is 1350. The molecule has 0 aromatic heterocycles. The summed E-state index contributed by atoms with van der Waals surface area (Å²) >= 11 is 0. The number of rotatable bonds is 7. The molecule has 2 fully saturated rings. The molecule has 1 unspecified atom stereocenters. The molecule has 2 aliphatic rings. The number of likely N-dealkylation sites (tertiary alicyclic amines) is 1. The Morgan fingerprint density at radius 3 is 2.47 bits per heavy atom. The van der Waals surface area contributed by atoms with Crippen LogP contribution >= 0.6 is 0 Å². The van der Waals surface area contributed by atoms with Crippen LogP contribution in [0.5, 0.6) is 0 Å². The lowest BCUT2D eigenvalue weighted by Gasteiger charge is -2.31. The smallest absolute Gasteiger partial charge is 0.254 e. The lowest BCUT2D eigenvalue weighted by atomic mass is 9.99.